The van der Waals surface area contributed by atoms with Crippen molar-refractivity contribution >= 4 is 131 Å². The van der Waals surface area contributed by atoms with E-state index in [1.807, 2.05) is 0 Å². The molecule has 0 bridgehead atoms. The summed E-state index contributed by atoms with van der Waals surface area (Å²) in [6, 6.07) is 86.9. The molecule has 0 unspecified atom stereocenters. The molecule has 0 atom stereocenters. The molecule has 0 aliphatic carbocycles. The number of hydrogen-bond donors (Lipinski definition) is 0. The Balaban J connectivity index is 0.000000109. The molecule has 0 saturated carbocycles. The summed E-state index contributed by atoms with van der Waals surface area (Å²) >= 11 is 0. The summed E-state index contributed by atoms with van der Waals surface area (Å²) in [7, 11) is 8.43. The Bertz CT molecular complexity index is 7170. The molecule has 8 nitrogen and oxygen atoms in total. The fourth-order valence-electron chi connectivity index (χ4n) is 17.2. The van der Waals surface area contributed by atoms with Crippen LogP contribution in [-0.2, 0) is 41.0 Å². The number of benzene rings is 12. The third-order valence-corrected chi connectivity index (χ3v) is 23.2. The van der Waals surface area contributed by atoms with E-state index in [0.717, 1.165) is 57.5 Å². The predicted octanol–water partition coefficient (Wildman–Crippen LogP) is 26.4. The van der Waals surface area contributed by atoms with Gasteiger partial charge in [-0.2, -0.15) is 0 Å². The second kappa shape index (κ2) is 29.3. The number of pyridine rings is 4. The molecular formula is C105H98N4O4+4. The highest BCUT2D eigenvalue weighted by Crippen LogP contribution is 2.44. The smallest absolute Gasteiger partial charge is 0.212 e. The van der Waals surface area contributed by atoms with E-state index in [0.29, 0.717) is 11.8 Å². The van der Waals surface area contributed by atoms with E-state index < -0.39 is 0 Å². The highest BCUT2D eigenvalue weighted by molar-refractivity contribution is 6.19. The van der Waals surface area contributed by atoms with Crippen molar-refractivity contribution in [1.82, 2.24) is 0 Å². The summed E-state index contributed by atoms with van der Waals surface area (Å²) in [5.41, 5.74) is 28.0. The molecule has 0 radical (unpaired) electrons. The van der Waals surface area contributed by atoms with E-state index in [9.17, 15) is 0 Å². The van der Waals surface area contributed by atoms with Crippen LogP contribution in [0.4, 0.5) is 0 Å². The molecule has 12 aromatic carbocycles. The van der Waals surface area contributed by atoms with Crippen molar-refractivity contribution < 1.29 is 35.9 Å². The molecule has 8 heteroatoms. The average Bonchev–Trinajstić information content (AvgIpc) is 1.62. The first-order valence-electron chi connectivity index (χ1n) is 39.8. The summed E-state index contributed by atoms with van der Waals surface area (Å²) in [4.78, 5) is 0. The predicted molar refractivity (Wildman–Crippen MR) is 471 cm³/mol. The molecule has 8 aromatic heterocycles. The maximum absolute atomic E-state index is 6.50. The Morgan fingerprint density at radius 1 is 0.283 bits per heavy atom. The van der Waals surface area contributed by atoms with Crippen LogP contribution in [0.5, 0.6) is 0 Å². The van der Waals surface area contributed by atoms with Crippen LogP contribution in [0.25, 0.3) is 176 Å². The van der Waals surface area contributed by atoms with E-state index in [1.165, 1.54) is 176 Å². The standard InChI is InChI=1S/C28H28NO.C27H26NO.C26H24NO.C24H20NO/c1-18-21(25-16-19(14-15-29(25)5)17-28(2,3)4)12-13-23-24-11-10-20-8-6-7-9-22(20)27(24)30-26(18)23;1-17(2)15-19-13-14-28(4)25(16-19)21-11-12-23-24-10-9-20-7-5-6-8-22(20)27(24)29-26(23)18(21)3;1-16(2)19-13-14-27(4)24(15-19)20-11-12-22-23-10-9-18-7-5-6-8-21(18)26(23)28-25(22)17(20)3;1-15-12-13-25(3)22(14-15)18-10-11-20-21-9-8-17-6-4-5-7-19(17)24(21)26-23(20)16(18)2/h6-16H,17H2,1-5H3;5-14,16-17H,15H2,1-4H3;5-16H,1-4H3;4-14H,1-3H3/q4*+1. The van der Waals surface area contributed by atoms with Gasteiger partial charge in [-0.1, -0.05) is 170 Å². The Labute approximate surface area is 661 Å². The van der Waals surface area contributed by atoms with Gasteiger partial charge in [-0.3, -0.25) is 0 Å². The molecule has 20 rings (SSSR count). The SMILES string of the molecule is Cc1c(-c2cc(C(C)C)cc[n+]2C)ccc2c1oc1c3ccccc3ccc21.Cc1c(-c2cc(CC(C)(C)C)cc[n+]2C)ccc2c1oc1c3ccccc3ccc21.Cc1c(-c2cc(CC(C)C)cc[n+]2C)ccc2c1oc1c3ccccc3ccc21.Cc1cc[n+](C)c(-c2ccc3c(oc4c5ccccc5ccc34)c2C)c1. The minimum atomic E-state index is 0.260. The number of rotatable bonds is 8. The molecule has 20 aromatic rings. The van der Waals surface area contributed by atoms with Crippen molar-refractivity contribution in [3.63, 3.8) is 0 Å². The van der Waals surface area contributed by atoms with E-state index in [-0.39, 0.29) is 5.41 Å². The molecule has 0 saturated heterocycles. The first-order chi connectivity index (χ1) is 54.5. The Morgan fingerprint density at radius 3 is 0.903 bits per heavy atom. The van der Waals surface area contributed by atoms with Gasteiger partial charge in [-0.05, 0) is 181 Å². The van der Waals surface area contributed by atoms with Crippen molar-refractivity contribution in [2.75, 3.05) is 0 Å². The molecule has 113 heavy (non-hydrogen) atoms. The van der Waals surface area contributed by atoms with Crippen molar-refractivity contribution in [3.05, 3.63) is 312 Å². The lowest BCUT2D eigenvalue weighted by Crippen LogP contribution is -2.31. The van der Waals surface area contributed by atoms with Gasteiger partial charge in [-0.25, -0.2) is 18.3 Å². The van der Waals surface area contributed by atoms with Gasteiger partial charge in [0.2, 0.25) is 22.8 Å². The number of fused-ring (bicyclic) bond motifs is 20. The largest absolute Gasteiger partial charge is 0.455 e. The van der Waals surface area contributed by atoms with Crippen molar-refractivity contribution in [2.24, 2.45) is 39.5 Å². The van der Waals surface area contributed by atoms with Gasteiger partial charge in [0, 0.05) is 135 Å². The zero-order chi connectivity index (χ0) is 78.4. The van der Waals surface area contributed by atoms with Crippen molar-refractivity contribution in [1.29, 1.82) is 0 Å². The Hall–Kier alpha value is -12.5. The topological polar surface area (TPSA) is 68.1 Å². The summed E-state index contributed by atoms with van der Waals surface area (Å²) < 4.78 is 34.6. The molecule has 0 fully saturated rings. The minimum absolute atomic E-state index is 0.260. The summed E-state index contributed by atoms with van der Waals surface area (Å²) in [5, 5.41) is 19.0. The molecule has 0 amide bonds. The summed E-state index contributed by atoms with van der Waals surface area (Å²) in [6.45, 7) is 26.7. The fraction of sp³-hybridized carbons (Fsp3) is 0.200. The van der Waals surface area contributed by atoms with Crippen LogP contribution >= 0.6 is 0 Å². The van der Waals surface area contributed by atoms with Crippen LogP contribution in [0, 0.1) is 46.0 Å². The molecule has 0 N–H and O–H groups in total. The van der Waals surface area contributed by atoms with Gasteiger partial charge in [-0.15, -0.1) is 0 Å². The van der Waals surface area contributed by atoms with Crippen LogP contribution in [0.15, 0.2) is 285 Å². The van der Waals surface area contributed by atoms with E-state index in [1.54, 1.807) is 0 Å². The van der Waals surface area contributed by atoms with E-state index in [4.69, 9.17) is 17.7 Å². The first-order valence-corrected chi connectivity index (χ1v) is 39.8. The first kappa shape index (κ1) is 73.3. The summed E-state index contributed by atoms with van der Waals surface area (Å²) in [6.07, 6.45) is 10.8. The fourth-order valence-corrected chi connectivity index (χ4v) is 17.2. The highest BCUT2D eigenvalue weighted by atomic mass is 16.3. The van der Waals surface area contributed by atoms with Gasteiger partial charge in [0.15, 0.2) is 24.8 Å². The highest BCUT2D eigenvalue weighted by Gasteiger charge is 2.26. The number of furan rings is 4. The molecule has 8 heterocycles. The van der Waals surface area contributed by atoms with Gasteiger partial charge in [0.05, 0.1) is 22.3 Å². The van der Waals surface area contributed by atoms with Crippen molar-refractivity contribution in [3.8, 4) is 45.0 Å². The average molecular weight is 1480 g/mol. The van der Waals surface area contributed by atoms with Crippen LogP contribution in [-0.4, -0.2) is 0 Å². The molecule has 0 spiro atoms. The summed E-state index contributed by atoms with van der Waals surface area (Å²) in [5.74, 6) is 1.14. The van der Waals surface area contributed by atoms with Gasteiger partial charge in [0.1, 0.15) is 72.9 Å². The lowest BCUT2D eigenvalue weighted by molar-refractivity contribution is -0.660. The molecule has 558 valence electrons. The zero-order valence-electron chi connectivity index (χ0n) is 67.9. The number of aromatic nitrogens is 4. The second-order valence-corrected chi connectivity index (χ2v) is 33.2. The number of nitrogens with zero attached hydrogens (tertiary/aromatic N) is 4. The molecular weight excluding hydrogens is 1380 g/mol. The number of hydrogen-bond acceptors (Lipinski definition) is 4. The van der Waals surface area contributed by atoms with Crippen LogP contribution in [0.1, 0.15) is 98.9 Å². The van der Waals surface area contributed by atoms with Crippen LogP contribution in [0.2, 0.25) is 0 Å². The quantitative estimate of drug-likeness (QED) is 0.142. The third kappa shape index (κ3) is 13.5. The monoisotopic (exact) mass is 1480 g/mol. The van der Waals surface area contributed by atoms with Gasteiger partial charge < -0.3 is 17.7 Å². The van der Waals surface area contributed by atoms with Gasteiger partial charge in [0.25, 0.3) is 0 Å². The Morgan fingerprint density at radius 2 is 0.566 bits per heavy atom. The normalized spacial score (nSPS) is 11.9. The zero-order valence-corrected chi connectivity index (χ0v) is 67.9. The minimum Gasteiger partial charge on any atom is -0.455 e. The maximum Gasteiger partial charge on any atom is 0.212 e. The maximum atomic E-state index is 6.50. The second-order valence-electron chi connectivity index (χ2n) is 33.2. The lowest BCUT2D eigenvalue weighted by atomic mass is 9.88. The van der Waals surface area contributed by atoms with Crippen LogP contribution < -0.4 is 18.3 Å². The van der Waals surface area contributed by atoms with Gasteiger partial charge >= 0.3 is 0 Å². The third-order valence-electron chi connectivity index (χ3n) is 23.2. The van der Waals surface area contributed by atoms with Crippen LogP contribution in [0.3, 0.4) is 0 Å². The molecule has 0 aliphatic rings. The lowest BCUT2D eigenvalue weighted by Gasteiger charge is -2.18. The van der Waals surface area contributed by atoms with E-state index >= 15 is 0 Å². The Kier molecular flexibility index (Phi) is 19.0. The number of aryl methyl sites for hydroxylation is 9. The van der Waals surface area contributed by atoms with E-state index in [2.05, 4.69) is 397 Å². The molecule has 0 aliphatic heterocycles. The van der Waals surface area contributed by atoms with Crippen molar-refractivity contribution in [2.45, 2.75) is 102 Å².